The van der Waals surface area contributed by atoms with Crippen molar-refractivity contribution < 1.29 is 60.9 Å². The first kappa shape index (κ1) is 56.9. The monoisotopic (exact) mass is 1150 g/mol. The van der Waals surface area contributed by atoms with Crippen molar-refractivity contribution in [2.75, 3.05) is 67.7 Å². The molecule has 0 radical (unpaired) electrons. The number of esters is 1. The molecule has 3 aromatic heterocycles. The van der Waals surface area contributed by atoms with Gasteiger partial charge in [-0.2, -0.15) is 4.65 Å². The van der Waals surface area contributed by atoms with E-state index in [2.05, 4.69) is 14.4 Å². The first-order chi connectivity index (χ1) is 38.1. The lowest BCUT2D eigenvalue weighted by atomic mass is 9.92. The molecule has 0 saturated carbocycles. The number of fused-ring (bicyclic) bond motifs is 1. The van der Waals surface area contributed by atoms with Crippen molar-refractivity contribution >= 4 is 58.5 Å². The maximum absolute atomic E-state index is 14.6. The Hall–Kier alpha value is -6.77. The van der Waals surface area contributed by atoms with Gasteiger partial charge in [0.25, 0.3) is 0 Å². The van der Waals surface area contributed by atoms with E-state index in [0.717, 1.165) is 18.2 Å². The van der Waals surface area contributed by atoms with E-state index in [0.29, 0.717) is 110 Å². The fourth-order valence-electron chi connectivity index (χ4n) is 9.15. The minimum absolute atomic E-state index is 0.0202. The summed E-state index contributed by atoms with van der Waals surface area (Å²) in [5.74, 6) is 1.48. The molecular formula is C57H57Cl2FN6O11PS+. The molecule has 17 nitrogen and oxygen atoms in total. The lowest BCUT2D eigenvalue weighted by Gasteiger charge is -2.39. The number of carbonyl (C=O) groups is 1. The van der Waals surface area contributed by atoms with E-state index in [9.17, 15) is 18.6 Å². The van der Waals surface area contributed by atoms with Crippen LogP contribution in [-0.4, -0.2) is 114 Å². The quantitative estimate of drug-likeness (QED) is 0.0384. The summed E-state index contributed by atoms with van der Waals surface area (Å²) < 4.78 is 73.3. The molecule has 2 atom stereocenters. The van der Waals surface area contributed by atoms with Crippen molar-refractivity contribution in [2.24, 2.45) is 0 Å². The van der Waals surface area contributed by atoms with Gasteiger partial charge in [0.15, 0.2) is 11.6 Å². The molecule has 9 rings (SSSR count). The van der Waals surface area contributed by atoms with E-state index in [4.69, 9.17) is 71.2 Å². The molecule has 0 spiro atoms. The Balaban J connectivity index is 1.05. The van der Waals surface area contributed by atoms with E-state index in [-0.39, 0.29) is 52.6 Å². The van der Waals surface area contributed by atoms with Crippen LogP contribution in [0.1, 0.15) is 27.9 Å². The number of para-hydroxylation sites is 2. The van der Waals surface area contributed by atoms with Crippen LogP contribution >= 0.6 is 42.4 Å². The van der Waals surface area contributed by atoms with Gasteiger partial charge in [0.2, 0.25) is 12.0 Å². The number of thiophene rings is 1. The largest absolute Gasteiger partial charge is 0.518 e. The van der Waals surface area contributed by atoms with Crippen LogP contribution in [0.25, 0.3) is 43.2 Å². The van der Waals surface area contributed by atoms with Crippen LogP contribution in [0.2, 0.25) is 10.0 Å². The van der Waals surface area contributed by atoms with Crippen LogP contribution in [0.4, 0.5) is 4.39 Å². The minimum Gasteiger partial charge on any atom is -0.497 e. The number of aromatic nitrogens is 4. The van der Waals surface area contributed by atoms with Crippen LogP contribution in [0.5, 0.6) is 28.9 Å². The molecule has 0 amide bonds. The fourth-order valence-corrected chi connectivity index (χ4v) is 11.6. The Morgan fingerprint density at radius 1 is 0.835 bits per heavy atom. The summed E-state index contributed by atoms with van der Waals surface area (Å²) in [7, 11) is 1.84. The molecule has 412 valence electrons. The Morgan fingerprint density at radius 2 is 1.53 bits per heavy atom. The predicted octanol–water partition coefficient (Wildman–Crippen LogP) is 11.7. The molecule has 0 aliphatic carbocycles. The molecular weight excluding hydrogens is 1100 g/mol. The number of quaternary nitrogens is 1. The van der Waals surface area contributed by atoms with Crippen LogP contribution in [0.3, 0.4) is 0 Å². The van der Waals surface area contributed by atoms with E-state index in [1.807, 2.05) is 56.3 Å². The van der Waals surface area contributed by atoms with E-state index >= 15 is 0 Å². The van der Waals surface area contributed by atoms with E-state index < -0.39 is 25.7 Å². The van der Waals surface area contributed by atoms with Gasteiger partial charge >= 0.3 is 13.8 Å². The van der Waals surface area contributed by atoms with Crippen molar-refractivity contribution in [2.45, 2.75) is 39.6 Å². The molecule has 22 heteroatoms. The molecule has 5 aromatic carbocycles. The number of likely N-dealkylation sites (N-methyl/N-ethyl adjacent to an activating group) is 1. The fraction of sp³-hybridized carbons (Fsp3) is 0.281. The summed E-state index contributed by atoms with van der Waals surface area (Å²) in [4.78, 5) is 46.6. The van der Waals surface area contributed by atoms with Gasteiger partial charge in [0.1, 0.15) is 67.1 Å². The second-order valence-electron chi connectivity index (χ2n) is 18.7. The van der Waals surface area contributed by atoms with Crippen molar-refractivity contribution in [3.8, 4) is 61.8 Å². The van der Waals surface area contributed by atoms with E-state index in [1.54, 1.807) is 76.0 Å². The Labute approximate surface area is 470 Å². The van der Waals surface area contributed by atoms with E-state index in [1.165, 1.54) is 29.8 Å². The highest BCUT2D eigenvalue weighted by molar-refractivity contribution is 7.47. The maximum Gasteiger partial charge on any atom is 0.518 e. The van der Waals surface area contributed by atoms with Gasteiger partial charge in [0.05, 0.1) is 61.0 Å². The SMILES string of the molecule is COc1ccc(COC(=O)C(Cc2ccccc2OCc2ccnc(-c3ccccc3OC)n2)Oc2ncnc3sc(-c4ccc(F)cc4)c(-c4c(C)c(Cl)c(OCCN5CC[N+](C)(OP(=O)(O)OC)CC5)c(Cl)c4C)c23)cc1. The van der Waals surface area contributed by atoms with Gasteiger partial charge in [-0.15, -0.1) is 11.3 Å². The van der Waals surface area contributed by atoms with Gasteiger partial charge < -0.3 is 28.4 Å². The Kier molecular flexibility index (Phi) is 18.1. The summed E-state index contributed by atoms with van der Waals surface area (Å²) in [6, 6.07) is 29.9. The second kappa shape index (κ2) is 25.1. The smallest absolute Gasteiger partial charge is 0.497 e. The van der Waals surface area contributed by atoms with Crippen LogP contribution in [0, 0.1) is 19.7 Å². The topological polar surface area (TPSA) is 183 Å². The maximum atomic E-state index is 14.6. The second-order valence-corrected chi connectivity index (χ2v) is 21.9. The van der Waals surface area contributed by atoms with Crippen molar-refractivity contribution in [1.29, 1.82) is 0 Å². The number of benzene rings is 5. The predicted molar refractivity (Wildman–Crippen MR) is 299 cm³/mol. The molecule has 1 fully saturated rings. The van der Waals surface area contributed by atoms with Gasteiger partial charge in [-0.05, 0) is 95.8 Å². The average Bonchev–Trinajstić information content (AvgIpc) is 4.08. The number of rotatable bonds is 22. The molecule has 4 heterocycles. The standard InChI is InChI=1S/C57H56Cl2FN6O11PS/c1-35-47(36(2)51(59)52(50(35)58)73-30-27-65-25-28-66(3,29-26-65)77-78(68,69)72-6)48-49-55(62-34-63-56(49)79-53(48)38-17-19-40(60)20-18-38)76-46(57(67)75-32-37-15-21-42(70-4)22-16-37)31-39-11-7-9-13-44(39)74-33-41-23-24-61-54(64-41)43-12-8-10-14-45(43)71-5/h7-24,34,46H,25-33H2,1-6H3/p+1. The van der Waals surface area contributed by atoms with Crippen LogP contribution in [0.15, 0.2) is 116 Å². The Morgan fingerprint density at radius 3 is 2.23 bits per heavy atom. The highest BCUT2D eigenvalue weighted by Gasteiger charge is 2.39. The first-order valence-corrected chi connectivity index (χ1v) is 28.1. The normalized spacial score (nSPS) is 14.6. The average molecular weight is 1160 g/mol. The zero-order chi connectivity index (χ0) is 55.8. The molecule has 1 aliphatic rings. The van der Waals surface area contributed by atoms with Crippen molar-refractivity contribution in [3.05, 3.63) is 159 Å². The van der Waals surface area contributed by atoms with Gasteiger partial charge in [-0.3, -0.25) is 14.3 Å². The first-order valence-electron chi connectivity index (χ1n) is 25.0. The number of carbonyl (C=O) groups excluding carboxylic acids is 1. The molecule has 0 bridgehead atoms. The highest BCUT2D eigenvalue weighted by atomic mass is 35.5. The number of halogens is 3. The summed E-state index contributed by atoms with van der Waals surface area (Å²) in [5.41, 5.74) is 5.81. The number of hydroxylamine groups is 3. The number of hydrogen-bond donors (Lipinski definition) is 1. The number of piperazine rings is 1. The zero-order valence-electron chi connectivity index (χ0n) is 44.1. The number of phosphoric acid groups is 1. The minimum atomic E-state index is -4.19. The van der Waals surface area contributed by atoms with Crippen molar-refractivity contribution in [1.82, 2.24) is 24.8 Å². The summed E-state index contributed by atoms with van der Waals surface area (Å²) in [6.07, 6.45) is 1.70. The molecule has 79 heavy (non-hydrogen) atoms. The lowest BCUT2D eigenvalue weighted by Crippen LogP contribution is -2.56. The lowest BCUT2D eigenvalue weighted by molar-refractivity contribution is -1.07. The number of methoxy groups -OCH3 is 2. The Bertz CT molecular complexity index is 3490. The molecule has 2 unspecified atom stereocenters. The van der Waals surface area contributed by atoms with Gasteiger partial charge in [0, 0.05) is 36.7 Å². The van der Waals surface area contributed by atoms with Crippen molar-refractivity contribution in [3.63, 3.8) is 0 Å². The third-order valence-corrected chi connectivity index (χ3v) is 16.6. The summed E-state index contributed by atoms with van der Waals surface area (Å²) in [6.45, 7) is 6.44. The van der Waals surface area contributed by atoms with Gasteiger partial charge in [-0.1, -0.05) is 82.4 Å². The zero-order valence-corrected chi connectivity index (χ0v) is 47.3. The number of phosphoric ester groups is 1. The molecule has 1 saturated heterocycles. The molecule has 1 N–H and O–H groups in total. The number of nitrogens with zero attached hydrogens (tertiary/aromatic N) is 6. The van der Waals surface area contributed by atoms with Gasteiger partial charge in [-0.25, -0.2) is 33.7 Å². The summed E-state index contributed by atoms with van der Waals surface area (Å²) in [5, 5.41) is 0.977. The van der Waals surface area contributed by atoms with Crippen LogP contribution in [-0.2, 0) is 42.9 Å². The molecule has 1 aliphatic heterocycles. The molecule has 8 aromatic rings. The number of ether oxygens (including phenoxy) is 6. The highest BCUT2D eigenvalue weighted by Crippen LogP contribution is 2.53. The summed E-state index contributed by atoms with van der Waals surface area (Å²) >= 11 is 15.9. The van der Waals surface area contributed by atoms with Crippen LogP contribution < -0.4 is 23.7 Å². The number of hydrogen-bond acceptors (Lipinski definition) is 16. The third-order valence-electron chi connectivity index (χ3n) is 13.5. The third kappa shape index (κ3) is 13.3.